The lowest BCUT2D eigenvalue weighted by atomic mass is 9.76. The maximum atomic E-state index is 13.0. The average Bonchev–Trinajstić information content (AvgIpc) is 2.77. The Balaban J connectivity index is 2.02. The molecule has 1 heterocycles. The molecule has 0 spiro atoms. The zero-order valence-corrected chi connectivity index (χ0v) is 20.2. The molecule has 11 heteroatoms. The fourth-order valence-corrected chi connectivity index (χ4v) is 3.53. The van der Waals surface area contributed by atoms with Crippen LogP contribution in [0.2, 0.25) is 0 Å². The number of carbonyl (C=O) groups excluding carboxylic acids is 3. The van der Waals surface area contributed by atoms with Crippen LogP contribution in [0.15, 0.2) is 30.3 Å². The van der Waals surface area contributed by atoms with Gasteiger partial charge in [-0.05, 0) is 45.6 Å². The molecule has 1 aliphatic rings. The lowest BCUT2D eigenvalue weighted by Crippen LogP contribution is -2.56. The van der Waals surface area contributed by atoms with Crippen LogP contribution in [0.5, 0.6) is 0 Å². The Morgan fingerprint density at radius 2 is 1.76 bits per heavy atom. The fourth-order valence-electron chi connectivity index (χ4n) is 3.53. The topological polar surface area (TPSA) is 137 Å². The van der Waals surface area contributed by atoms with Gasteiger partial charge in [-0.25, -0.2) is 4.79 Å². The number of amides is 3. The Kier molecular flexibility index (Phi) is 10.8. The molecular formula is C23H36BN3O7. The molecule has 0 radical (unpaired) electrons. The zero-order valence-electron chi connectivity index (χ0n) is 20.2. The van der Waals surface area contributed by atoms with E-state index in [1.54, 1.807) is 25.7 Å². The summed E-state index contributed by atoms with van der Waals surface area (Å²) >= 11 is 0. The van der Waals surface area contributed by atoms with E-state index in [9.17, 15) is 24.4 Å². The van der Waals surface area contributed by atoms with Crippen molar-refractivity contribution < 1.29 is 33.9 Å². The molecule has 0 bridgehead atoms. The number of nitrogens with one attached hydrogen (secondary N) is 2. The highest BCUT2D eigenvalue weighted by molar-refractivity contribution is 6.43. The number of ether oxygens (including phenoxy) is 2. The van der Waals surface area contributed by atoms with Crippen LogP contribution in [0.1, 0.15) is 45.6 Å². The normalized spacial score (nSPS) is 15.7. The van der Waals surface area contributed by atoms with Crippen LogP contribution in [0.4, 0.5) is 4.79 Å². The summed E-state index contributed by atoms with van der Waals surface area (Å²) in [6.45, 7) is 6.67. The Labute approximate surface area is 201 Å². The van der Waals surface area contributed by atoms with Gasteiger partial charge in [0.05, 0.1) is 25.6 Å². The first-order chi connectivity index (χ1) is 16.0. The molecule has 0 aliphatic carbocycles. The van der Waals surface area contributed by atoms with Crippen LogP contribution in [-0.2, 0) is 25.5 Å². The SMILES string of the molecule is CC(C)(C)OC(=O)NC(CC(=O)N1CCOCC1)C(=O)NC(CCCc1ccccc1)B(O)O. The number of carbonyl (C=O) groups is 3. The number of benzene rings is 1. The van der Waals surface area contributed by atoms with Crippen molar-refractivity contribution in [3.8, 4) is 0 Å². The van der Waals surface area contributed by atoms with Gasteiger partial charge in [0.2, 0.25) is 11.8 Å². The summed E-state index contributed by atoms with van der Waals surface area (Å²) in [5.74, 6) is -1.97. The molecule has 1 fully saturated rings. The van der Waals surface area contributed by atoms with E-state index in [0.29, 0.717) is 45.6 Å². The summed E-state index contributed by atoms with van der Waals surface area (Å²) in [5, 5.41) is 24.6. The van der Waals surface area contributed by atoms with Gasteiger partial charge in [-0.2, -0.15) is 0 Å². The number of alkyl carbamates (subject to hydrolysis) is 1. The third-order valence-electron chi connectivity index (χ3n) is 5.26. The van der Waals surface area contributed by atoms with Crippen LogP contribution < -0.4 is 10.6 Å². The molecule has 188 valence electrons. The minimum Gasteiger partial charge on any atom is -0.444 e. The van der Waals surface area contributed by atoms with Gasteiger partial charge in [0.15, 0.2) is 0 Å². The standard InChI is InChI=1S/C23H36BN3O7/c1-23(2,3)34-22(30)25-18(16-20(28)27-12-14-33-15-13-27)21(29)26-19(24(31)32)11-7-10-17-8-5-4-6-9-17/h4-6,8-9,18-19,31-32H,7,10-16H2,1-3H3,(H,25,30)(H,26,29). The second-order valence-corrected chi connectivity index (χ2v) is 9.30. The van der Waals surface area contributed by atoms with Crippen LogP contribution in [0.3, 0.4) is 0 Å². The predicted octanol–water partition coefficient (Wildman–Crippen LogP) is 0.648. The van der Waals surface area contributed by atoms with Crippen molar-refractivity contribution in [2.75, 3.05) is 26.3 Å². The number of nitrogens with zero attached hydrogens (tertiary/aromatic N) is 1. The summed E-state index contributed by atoms with van der Waals surface area (Å²) < 4.78 is 10.5. The highest BCUT2D eigenvalue weighted by Crippen LogP contribution is 2.11. The molecule has 2 unspecified atom stereocenters. The number of morpholine rings is 1. The molecular weight excluding hydrogens is 441 g/mol. The van der Waals surface area contributed by atoms with Crippen LogP contribution in [0, 0.1) is 0 Å². The summed E-state index contributed by atoms with van der Waals surface area (Å²) in [4.78, 5) is 39.6. The van der Waals surface area contributed by atoms with Gasteiger partial charge in [-0.3, -0.25) is 9.59 Å². The molecule has 10 nitrogen and oxygen atoms in total. The van der Waals surface area contributed by atoms with Crippen molar-refractivity contribution in [1.29, 1.82) is 0 Å². The van der Waals surface area contributed by atoms with Gasteiger partial charge in [-0.15, -0.1) is 0 Å². The molecule has 4 N–H and O–H groups in total. The maximum absolute atomic E-state index is 13.0. The predicted molar refractivity (Wildman–Crippen MR) is 127 cm³/mol. The van der Waals surface area contributed by atoms with E-state index in [0.717, 1.165) is 5.56 Å². The van der Waals surface area contributed by atoms with Gasteiger partial charge in [0.1, 0.15) is 11.6 Å². The van der Waals surface area contributed by atoms with Gasteiger partial charge in [0, 0.05) is 13.1 Å². The zero-order chi connectivity index (χ0) is 25.1. The highest BCUT2D eigenvalue weighted by Gasteiger charge is 2.32. The van der Waals surface area contributed by atoms with Gasteiger partial charge in [-0.1, -0.05) is 30.3 Å². The van der Waals surface area contributed by atoms with E-state index < -0.39 is 36.7 Å². The van der Waals surface area contributed by atoms with E-state index in [2.05, 4.69) is 10.6 Å². The highest BCUT2D eigenvalue weighted by atomic mass is 16.6. The molecule has 1 aromatic carbocycles. The smallest absolute Gasteiger partial charge is 0.444 e. The van der Waals surface area contributed by atoms with Crippen molar-refractivity contribution >= 4 is 25.0 Å². The van der Waals surface area contributed by atoms with Crippen LogP contribution in [-0.4, -0.2) is 83.9 Å². The van der Waals surface area contributed by atoms with Gasteiger partial charge >= 0.3 is 13.2 Å². The number of hydrogen-bond acceptors (Lipinski definition) is 7. The first-order valence-electron chi connectivity index (χ1n) is 11.6. The second-order valence-electron chi connectivity index (χ2n) is 9.30. The quantitative estimate of drug-likeness (QED) is 0.363. The molecule has 1 saturated heterocycles. The second kappa shape index (κ2) is 13.3. The van der Waals surface area contributed by atoms with Crippen LogP contribution >= 0.6 is 0 Å². The third-order valence-corrected chi connectivity index (χ3v) is 5.26. The van der Waals surface area contributed by atoms with Crippen molar-refractivity contribution in [3.05, 3.63) is 35.9 Å². The van der Waals surface area contributed by atoms with E-state index in [1.165, 1.54) is 0 Å². The van der Waals surface area contributed by atoms with Crippen molar-refractivity contribution in [3.63, 3.8) is 0 Å². The lowest BCUT2D eigenvalue weighted by Gasteiger charge is -2.29. The minimum absolute atomic E-state index is 0.288. The summed E-state index contributed by atoms with van der Waals surface area (Å²) in [5.41, 5.74) is 0.307. The molecule has 2 atom stereocenters. The molecule has 34 heavy (non-hydrogen) atoms. The number of aryl methyl sites for hydroxylation is 1. The Hall–Kier alpha value is -2.63. The Bertz CT molecular complexity index is 796. The van der Waals surface area contributed by atoms with E-state index in [4.69, 9.17) is 9.47 Å². The Morgan fingerprint density at radius 3 is 2.35 bits per heavy atom. The molecule has 3 amide bonds. The fraction of sp³-hybridized carbons (Fsp3) is 0.609. The van der Waals surface area contributed by atoms with Gasteiger partial charge < -0.3 is 35.1 Å². The van der Waals surface area contributed by atoms with Crippen molar-refractivity contribution in [2.24, 2.45) is 0 Å². The first kappa shape index (κ1) is 27.6. The van der Waals surface area contributed by atoms with E-state index >= 15 is 0 Å². The largest absolute Gasteiger partial charge is 0.475 e. The van der Waals surface area contributed by atoms with Gasteiger partial charge in [0.25, 0.3) is 0 Å². The Morgan fingerprint density at radius 1 is 1.12 bits per heavy atom. The average molecular weight is 477 g/mol. The molecule has 1 aromatic rings. The molecule has 0 aromatic heterocycles. The van der Waals surface area contributed by atoms with Crippen molar-refractivity contribution in [2.45, 2.75) is 64.0 Å². The lowest BCUT2D eigenvalue weighted by molar-refractivity contribution is -0.138. The van der Waals surface area contributed by atoms with E-state index in [-0.39, 0.29) is 12.3 Å². The van der Waals surface area contributed by atoms with Crippen LogP contribution in [0.25, 0.3) is 0 Å². The summed E-state index contributed by atoms with van der Waals surface area (Å²) in [7, 11) is -1.79. The molecule has 2 rings (SSSR count). The summed E-state index contributed by atoms with van der Waals surface area (Å²) in [6.07, 6.45) is 0.476. The first-order valence-corrected chi connectivity index (χ1v) is 11.6. The van der Waals surface area contributed by atoms with E-state index in [1.807, 2.05) is 30.3 Å². The monoisotopic (exact) mass is 477 g/mol. The summed E-state index contributed by atoms with van der Waals surface area (Å²) in [6, 6.07) is 8.48. The molecule has 0 saturated carbocycles. The van der Waals surface area contributed by atoms with Crippen molar-refractivity contribution in [1.82, 2.24) is 15.5 Å². The third kappa shape index (κ3) is 10.1. The maximum Gasteiger partial charge on any atom is 0.475 e. The minimum atomic E-state index is -1.79. The molecule has 1 aliphatic heterocycles. The number of hydrogen-bond donors (Lipinski definition) is 4. The number of rotatable bonds is 10.